The number of rotatable bonds is 6. The summed E-state index contributed by atoms with van der Waals surface area (Å²) in [6.07, 6.45) is 7.56. The van der Waals surface area contributed by atoms with E-state index in [-0.39, 0.29) is 11.8 Å². The number of thiophene rings is 1. The Morgan fingerprint density at radius 3 is 2.81 bits per heavy atom. The molecular weight excluding hydrogens is 435 g/mol. The Balaban J connectivity index is 1.44. The highest BCUT2D eigenvalue weighted by atomic mass is 32.1. The molecule has 0 aliphatic heterocycles. The van der Waals surface area contributed by atoms with Crippen molar-refractivity contribution in [3.8, 4) is 0 Å². The van der Waals surface area contributed by atoms with Crippen LogP contribution in [0.25, 0.3) is 0 Å². The van der Waals surface area contributed by atoms with E-state index in [1.54, 1.807) is 41.3 Å². The van der Waals surface area contributed by atoms with Crippen molar-refractivity contribution in [3.63, 3.8) is 0 Å². The van der Waals surface area contributed by atoms with Crippen molar-refractivity contribution in [2.24, 2.45) is 0 Å². The lowest BCUT2D eigenvalue weighted by atomic mass is 9.95. The van der Waals surface area contributed by atoms with Gasteiger partial charge in [0, 0.05) is 11.1 Å². The van der Waals surface area contributed by atoms with Gasteiger partial charge in [-0.25, -0.2) is 9.18 Å². The highest BCUT2D eigenvalue weighted by molar-refractivity contribution is 7.80. The second kappa shape index (κ2) is 9.57. The first kappa shape index (κ1) is 21.5. The van der Waals surface area contributed by atoms with Gasteiger partial charge in [-0.2, -0.15) is 5.10 Å². The monoisotopic (exact) mass is 458 g/mol. The van der Waals surface area contributed by atoms with Gasteiger partial charge in [0.15, 0.2) is 5.11 Å². The van der Waals surface area contributed by atoms with E-state index in [1.807, 2.05) is 6.20 Å². The summed E-state index contributed by atoms with van der Waals surface area (Å²) in [4.78, 5) is 13.8. The number of hydrogen-bond acceptors (Lipinski definition) is 5. The number of carbonyl (C=O) groups is 1. The number of thiocarbonyl (C=S) groups is 1. The molecule has 0 saturated heterocycles. The standard InChI is InChI=1S/C22H23FN4O2S2/c1-2-29-21(28)19-17-5-3-4-6-18(17)31-20(19)26-22(30)25-16-11-24-27(13-16)12-14-7-9-15(23)10-8-14/h7-11,13H,2-6,12H2,1H3,(H2,25,26,30). The van der Waals surface area contributed by atoms with Crippen molar-refractivity contribution in [2.75, 3.05) is 17.2 Å². The van der Waals surface area contributed by atoms with E-state index in [1.165, 1.54) is 17.0 Å². The van der Waals surface area contributed by atoms with Crippen LogP contribution in [-0.2, 0) is 24.1 Å². The van der Waals surface area contributed by atoms with E-state index in [0.717, 1.165) is 47.5 Å². The fraction of sp³-hybridized carbons (Fsp3) is 0.318. The number of anilines is 2. The predicted molar refractivity (Wildman–Crippen MR) is 124 cm³/mol. The number of nitrogens with one attached hydrogen (secondary N) is 2. The summed E-state index contributed by atoms with van der Waals surface area (Å²) in [5.74, 6) is -0.570. The van der Waals surface area contributed by atoms with Crippen molar-refractivity contribution >= 4 is 45.3 Å². The third-order valence-corrected chi connectivity index (χ3v) is 6.44. The maximum absolute atomic E-state index is 13.1. The zero-order valence-corrected chi connectivity index (χ0v) is 18.7. The number of halogens is 1. The second-order valence-corrected chi connectivity index (χ2v) is 8.78. The summed E-state index contributed by atoms with van der Waals surface area (Å²) in [6, 6.07) is 6.31. The van der Waals surface area contributed by atoms with E-state index in [9.17, 15) is 9.18 Å². The van der Waals surface area contributed by atoms with Crippen LogP contribution in [0.3, 0.4) is 0 Å². The molecule has 2 heterocycles. The molecular formula is C22H23FN4O2S2. The van der Waals surface area contributed by atoms with Crippen LogP contribution in [0.15, 0.2) is 36.7 Å². The minimum Gasteiger partial charge on any atom is -0.462 e. The van der Waals surface area contributed by atoms with Crippen LogP contribution in [0.2, 0.25) is 0 Å². The van der Waals surface area contributed by atoms with E-state index >= 15 is 0 Å². The van der Waals surface area contributed by atoms with Crippen molar-refractivity contribution < 1.29 is 13.9 Å². The molecule has 0 unspecified atom stereocenters. The van der Waals surface area contributed by atoms with Gasteiger partial charge in [-0.15, -0.1) is 11.3 Å². The molecule has 0 fully saturated rings. The van der Waals surface area contributed by atoms with Crippen LogP contribution in [0.1, 0.15) is 46.1 Å². The highest BCUT2D eigenvalue weighted by Crippen LogP contribution is 2.38. The van der Waals surface area contributed by atoms with Gasteiger partial charge in [0.25, 0.3) is 0 Å². The minimum absolute atomic E-state index is 0.263. The van der Waals surface area contributed by atoms with Gasteiger partial charge in [-0.1, -0.05) is 12.1 Å². The Morgan fingerprint density at radius 2 is 2.03 bits per heavy atom. The van der Waals surface area contributed by atoms with Crippen molar-refractivity contribution in [2.45, 2.75) is 39.2 Å². The zero-order chi connectivity index (χ0) is 21.8. The molecule has 1 aromatic carbocycles. The highest BCUT2D eigenvalue weighted by Gasteiger charge is 2.26. The number of esters is 1. The number of fused-ring (bicyclic) bond motifs is 1. The Kier molecular flexibility index (Phi) is 6.62. The smallest absolute Gasteiger partial charge is 0.341 e. The Labute approximate surface area is 189 Å². The lowest BCUT2D eigenvalue weighted by Gasteiger charge is -2.13. The van der Waals surface area contributed by atoms with Gasteiger partial charge in [-0.3, -0.25) is 4.68 Å². The largest absolute Gasteiger partial charge is 0.462 e. The summed E-state index contributed by atoms with van der Waals surface area (Å²) in [7, 11) is 0. The van der Waals surface area contributed by atoms with Gasteiger partial charge >= 0.3 is 5.97 Å². The van der Waals surface area contributed by atoms with Crippen LogP contribution in [0.5, 0.6) is 0 Å². The van der Waals surface area contributed by atoms with Crippen molar-refractivity contribution in [1.82, 2.24) is 9.78 Å². The maximum atomic E-state index is 13.1. The van der Waals surface area contributed by atoms with Crippen LogP contribution in [-0.4, -0.2) is 27.5 Å². The number of aryl methyl sites for hydroxylation is 1. The lowest BCUT2D eigenvalue weighted by Crippen LogP contribution is -2.20. The van der Waals surface area contributed by atoms with Crippen LogP contribution in [0.4, 0.5) is 15.1 Å². The number of nitrogens with zero attached hydrogens (tertiary/aromatic N) is 2. The van der Waals surface area contributed by atoms with Gasteiger partial charge in [-0.05, 0) is 68.1 Å². The number of carbonyl (C=O) groups excluding carboxylic acids is 1. The van der Waals surface area contributed by atoms with E-state index < -0.39 is 0 Å². The summed E-state index contributed by atoms with van der Waals surface area (Å²) in [5.41, 5.74) is 3.36. The van der Waals surface area contributed by atoms with Crippen LogP contribution in [0, 0.1) is 5.82 Å². The molecule has 6 nitrogen and oxygen atoms in total. The minimum atomic E-state index is -0.306. The molecule has 3 aromatic rings. The van der Waals surface area contributed by atoms with Gasteiger partial charge in [0.1, 0.15) is 10.8 Å². The molecule has 0 atom stereocenters. The molecule has 1 aliphatic carbocycles. The summed E-state index contributed by atoms with van der Waals surface area (Å²) < 4.78 is 20.1. The molecule has 0 radical (unpaired) electrons. The quantitative estimate of drug-likeness (QED) is 0.400. The van der Waals surface area contributed by atoms with E-state index in [0.29, 0.717) is 23.8 Å². The van der Waals surface area contributed by atoms with Crippen LogP contribution >= 0.6 is 23.6 Å². The van der Waals surface area contributed by atoms with Gasteiger partial charge < -0.3 is 15.4 Å². The summed E-state index contributed by atoms with van der Waals surface area (Å²) >= 11 is 7.05. The molecule has 0 saturated carbocycles. The van der Waals surface area contributed by atoms with E-state index in [4.69, 9.17) is 17.0 Å². The Hall–Kier alpha value is -2.78. The molecule has 0 spiro atoms. The van der Waals surface area contributed by atoms with Crippen molar-refractivity contribution in [3.05, 3.63) is 64.0 Å². The number of aromatic nitrogens is 2. The fourth-order valence-electron chi connectivity index (χ4n) is 3.63. The maximum Gasteiger partial charge on any atom is 0.341 e. The molecule has 2 N–H and O–H groups in total. The van der Waals surface area contributed by atoms with Crippen LogP contribution < -0.4 is 10.6 Å². The van der Waals surface area contributed by atoms with Crippen molar-refractivity contribution in [1.29, 1.82) is 0 Å². The molecule has 9 heteroatoms. The first-order valence-corrected chi connectivity index (χ1v) is 11.4. The molecule has 1 aliphatic rings. The fourth-order valence-corrected chi connectivity index (χ4v) is 5.20. The SMILES string of the molecule is CCOC(=O)c1c(NC(=S)Nc2cnn(Cc3ccc(F)cc3)c2)sc2c1CCCC2. The molecule has 31 heavy (non-hydrogen) atoms. The lowest BCUT2D eigenvalue weighted by molar-refractivity contribution is 0.0526. The third-order valence-electron chi connectivity index (χ3n) is 5.03. The predicted octanol–water partition coefficient (Wildman–Crippen LogP) is 5.00. The summed E-state index contributed by atoms with van der Waals surface area (Å²) in [5, 5.41) is 11.7. The zero-order valence-electron chi connectivity index (χ0n) is 17.1. The number of ether oxygens (including phenoxy) is 1. The molecule has 4 rings (SSSR count). The topological polar surface area (TPSA) is 68.2 Å². The molecule has 162 valence electrons. The normalized spacial score (nSPS) is 12.8. The molecule has 0 amide bonds. The first-order valence-electron chi connectivity index (χ1n) is 10.2. The Bertz CT molecular complexity index is 1090. The number of benzene rings is 1. The Morgan fingerprint density at radius 1 is 1.26 bits per heavy atom. The average molecular weight is 459 g/mol. The number of hydrogen-bond donors (Lipinski definition) is 2. The molecule has 2 aromatic heterocycles. The van der Waals surface area contributed by atoms with E-state index in [2.05, 4.69) is 15.7 Å². The first-order chi connectivity index (χ1) is 15.0. The van der Waals surface area contributed by atoms with Gasteiger partial charge in [0.05, 0.1) is 30.6 Å². The molecule has 0 bridgehead atoms. The third kappa shape index (κ3) is 5.11. The average Bonchev–Trinajstić information content (AvgIpc) is 3.33. The van der Waals surface area contributed by atoms with Gasteiger partial charge in [0.2, 0.25) is 0 Å². The second-order valence-electron chi connectivity index (χ2n) is 7.27. The summed E-state index contributed by atoms with van der Waals surface area (Å²) in [6.45, 7) is 2.66.